The topological polar surface area (TPSA) is 49.3 Å². The van der Waals surface area contributed by atoms with Crippen LogP contribution >= 0.6 is 11.3 Å². The molecule has 0 spiro atoms. The summed E-state index contributed by atoms with van der Waals surface area (Å²) in [5.74, 6) is 0.553. The molecule has 4 heteroatoms. The molecule has 1 heterocycles. The van der Waals surface area contributed by atoms with Crippen molar-refractivity contribution in [3.63, 3.8) is 0 Å². The smallest absolute Gasteiger partial charge is 0.261 e. The highest BCUT2D eigenvalue weighted by molar-refractivity contribution is 7.20. The monoisotopic (exact) mass is 275 g/mol. The molecule has 2 aromatic rings. The minimum absolute atomic E-state index is 0.00782. The first-order valence-corrected chi connectivity index (χ1v) is 7.50. The average Bonchev–Trinajstić information content (AvgIpc) is 3.16. The number of aliphatic hydroxyl groups is 1. The van der Waals surface area contributed by atoms with Crippen LogP contribution in [-0.4, -0.2) is 23.7 Å². The summed E-state index contributed by atoms with van der Waals surface area (Å²) in [7, 11) is 0. The predicted octanol–water partition coefficient (Wildman–Crippen LogP) is 2.79. The van der Waals surface area contributed by atoms with Crippen LogP contribution in [0.15, 0.2) is 30.3 Å². The van der Waals surface area contributed by atoms with E-state index in [0.29, 0.717) is 12.3 Å². The second-order valence-electron chi connectivity index (χ2n) is 5.08. The zero-order valence-electron chi connectivity index (χ0n) is 10.6. The van der Waals surface area contributed by atoms with Gasteiger partial charge in [0.05, 0.1) is 4.88 Å². The number of carbonyl (C=O) groups is 1. The highest BCUT2D eigenvalue weighted by atomic mass is 32.1. The fourth-order valence-corrected chi connectivity index (χ4v) is 3.36. The van der Waals surface area contributed by atoms with Crippen LogP contribution in [0.2, 0.25) is 0 Å². The lowest BCUT2D eigenvalue weighted by molar-refractivity contribution is 0.0928. The van der Waals surface area contributed by atoms with Crippen molar-refractivity contribution in [1.82, 2.24) is 5.32 Å². The molecular weight excluding hydrogens is 258 g/mol. The van der Waals surface area contributed by atoms with Crippen LogP contribution < -0.4 is 5.32 Å². The Morgan fingerprint density at radius 2 is 2.21 bits per heavy atom. The lowest BCUT2D eigenvalue weighted by atomic mass is 10.1. The summed E-state index contributed by atoms with van der Waals surface area (Å²) in [6.45, 7) is 0.133. The van der Waals surface area contributed by atoms with Gasteiger partial charge in [-0.3, -0.25) is 4.79 Å². The third-order valence-corrected chi connectivity index (χ3v) is 4.71. The average molecular weight is 275 g/mol. The fraction of sp³-hybridized carbons (Fsp3) is 0.400. The van der Waals surface area contributed by atoms with Crippen molar-refractivity contribution >= 4 is 27.3 Å². The number of benzene rings is 1. The van der Waals surface area contributed by atoms with Gasteiger partial charge in [-0.05, 0) is 42.7 Å². The van der Waals surface area contributed by atoms with Crippen LogP contribution in [0.5, 0.6) is 0 Å². The van der Waals surface area contributed by atoms with Crippen molar-refractivity contribution < 1.29 is 9.90 Å². The number of thiophene rings is 1. The Kier molecular flexibility index (Phi) is 3.53. The summed E-state index contributed by atoms with van der Waals surface area (Å²) in [6.07, 6.45) is 2.98. The largest absolute Gasteiger partial charge is 0.396 e. The lowest BCUT2D eigenvalue weighted by Gasteiger charge is -2.16. The van der Waals surface area contributed by atoms with Gasteiger partial charge in [0.1, 0.15) is 0 Å². The number of carbonyl (C=O) groups excluding carboxylic acids is 1. The van der Waals surface area contributed by atoms with E-state index >= 15 is 0 Å². The van der Waals surface area contributed by atoms with Crippen LogP contribution in [0.1, 0.15) is 28.9 Å². The van der Waals surface area contributed by atoms with Crippen molar-refractivity contribution in [2.24, 2.45) is 5.92 Å². The standard InChI is InChI=1S/C15H17NO2S/c17-8-7-12(10-5-6-10)16-15(18)14-9-11-3-1-2-4-13(11)19-14/h1-4,9-10,12,17H,5-8H2,(H,16,18). The van der Waals surface area contributed by atoms with E-state index in [1.54, 1.807) is 0 Å². The number of rotatable bonds is 5. The first kappa shape index (κ1) is 12.6. The van der Waals surface area contributed by atoms with E-state index in [0.717, 1.165) is 27.8 Å². The zero-order valence-corrected chi connectivity index (χ0v) is 11.5. The van der Waals surface area contributed by atoms with E-state index < -0.39 is 0 Å². The molecular formula is C15H17NO2S. The van der Waals surface area contributed by atoms with Gasteiger partial charge in [-0.25, -0.2) is 0 Å². The van der Waals surface area contributed by atoms with Crippen LogP contribution in [0, 0.1) is 5.92 Å². The SMILES string of the molecule is O=C(NC(CCO)C1CC1)c1cc2ccccc2s1. The highest BCUT2D eigenvalue weighted by Crippen LogP contribution is 2.34. The van der Waals surface area contributed by atoms with E-state index in [1.165, 1.54) is 11.3 Å². The molecule has 1 saturated carbocycles. The molecule has 1 unspecified atom stereocenters. The number of hydrogen-bond donors (Lipinski definition) is 2. The number of amides is 1. The van der Waals surface area contributed by atoms with Crippen molar-refractivity contribution in [2.45, 2.75) is 25.3 Å². The zero-order chi connectivity index (χ0) is 13.2. The number of nitrogens with one attached hydrogen (secondary N) is 1. The maximum atomic E-state index is 12.2. The van der Waals surface area contributed by atoms with E-state index in [9.17, 15) is 4.79 Å². The van der Waals surface area contributed by atoms with Crippen molar-refractivity contribution in [1.29, 1.82) is 0 Å². The van der Waals surface area contributed by atoms with Crippen LogP contribution in [0.4, 0.5) is 0 Å². The Labute approximate surface area is 116 Å². The molecule has 1 fully saturated rings. The van der Waals surface area contributed by atoms with Gasteiger partial charge in [0.25, 0.3) is 5.91 Å². The Morgan fingerprint density at radius 1 is 1.42 bits per heavy atom. The second-order valence-corrected chi connectivity index (χ2v) is 6.16. The maximum absolute atomic E-state index is 12.2. The summed E-state index contributed by atoms with van der Waals surface area (Å²) in [5.41, 5.74) is 0. The Morgan fingerprint density at radius 3 is 2.89 bits per heavy atom. The normalized spacial score (nSPS) is 16.5. The molecule has 1 aliphatic carbocycles. The molecule has 0 bridgehead atoms. The Bertz CT molecular complexity index is 556. The molecule has 0 aliphatic heterocycles. The van der Waals surface area contributed by atoms with Gasteiger partial charge >= 0.3 is 0 Å². The van der Waals surface area contributed by atoms with Crippen molar-refractivity contribution in [3.05, 3.63) is 35.2 Å². The first-order chi connectivity index (χ1) is 9.28. The second kappa shape index (κ2) is 5.31. The molecule has 1 aliphatic rings. The molecule has 0 radical (unpaired) electrons. The van der Waals surface area contributed by atoms with E-state index in [4.69, 9.17) is 5.11 Å². The summed E-state index contributed by atoms with van der Waals surface area (Å²) in [5, 5.41) is 13.2. The van der Waals surface area contributed by atoms with Crippen LogP contribution in [0.25, 0.3) is 10.1 Å². The molecule has 3 nitrogen and oxygen atoms in total. The van der Waals surface area contributed by atoms with Crippen LogP contribution in [-0.2, 0) is 0 Å². The first-order valence-electron chi connectivity index (χ1n) is 6.68. The Hall–Kier alpha value is -1.39. The molecule has 1 amide bonds. The van der Waals surface area contributed by atoms with Gasteiger partial charge in [0, 0.05) is 17.3 Å². The molecule has 19 heavy (non-hydrogen) atoms. The highest BCUT2D eigenvalue weighted by Gasteiger charge is 2.32. The van der Waals surface area contributed by atoms with Gasteiger partial charge in [-0.1, -0.05) is 18.2 Å². The number of aliphatic hydroxyl groups excluding tert-OH is 1. The molecule has 1 aromatic carbocycles. The fourth-order valence-electron chi connectivity index (χ4n) is 2.40. The summed E-state index contributed by atoms with van der Waals surface area (Å²) < 4.78 is 1.14. The molecule has 0 saturated heterocycles. The van der Waals surface area contributed by atoms with Crippen molar-refractivity contribution in [2.75, 3.05) is 6.61 Å². The van der Waals surface area contributed by atoms with Crippen LogP contribution in [0.3, 0.4) is 0 Å². The lowest BCUT2D eigenvalue weighted by Crippen LogP contribution is -2.36. The Balaban J connectivity index is 1.75. The quantitative estimate of drug-likeness (QED) is 0.881. The summed E-state index contributed by atoms with van der Waals surface area (Å²) >= 11 is 1.52. The molecule has 100 valence electrons. The van der Waals surface area contributed by atoms with E-state index in [2.05, 4.69) is 5.32 Å². The van der Waals surface area contributed by atoms with E-state index in [1.807, 2.05) is 30.3 Å². The minimum atomic E-state index is -0.00782. The number of fused-ring (bicyclic) bond motifs is 1. The molecule has 3 rings (SSSR count). The van der Waals surface area contributed by atoms with Gasteiger partial charge in [-0.2, -0.15) is 0 Å². The third kappa shape index (κ3) is 2.80. The van der Waals surface area contributed by atoms with Crippen molar-refractivity contribution in [3.8, 4) is 0 Å². The summed E-state index contributed by atoms with van der Waals surface area (Å²) in [6, 6.07) is 10.1. The summed E-state index contributed by atoms with van der Waals surface area (Å²) in [4.78, 5) is 13.0. The van der Waals surface area contributed by atoms with E-state index in [-0.39, 0.29) is 18.6 Å². The molecule has 1 atom stereocenters. The minimum Gasteiger partial charge on any atom is -0.396 e. The number of hydrogen-bond acceptors (Lipinski definition) is 3. The molecule has 2 N–H and O–H groups in total. The maximum Gasteiger partial charge on any atom is 0.261 e. The van der Waals surface area contributed by atoms with Gasteiger partial charge in [0.15, 0.2) is 0 Å². The van der Waals surface area contributed by atoms with Gasteiger partial charge in [0.2, 0.25) is 0 Å². The predicted molar refractivity (Wildman–Crippen MR) is 77.5 cm³/mol. The molecule has 1 aromatic heterocycles. The van der Waals surface area contributed by atoms with Gasteiger partial charge in [-0.15, -0.1) is 11.3 Å². The van der Waals surface area contributed by atoms with Gasteiger partial charge < -0.3 is 10.4 Å². The third-order valence-electron chi connectivity index (χ3n) is 3.60.